The lowest BCUT2D eigenvalue weighted by molar-refractivity contribution is 0.0717. The molecule has 2 nitrogen and oxygen atoms in total. The number of aromatic nitrogens is 1. The summed E-state index contributed by atoms with van der Waals surface area (Å²) in [4.78, 5) is 4.02. The van der Waals surface area contributed by atoms with Gasteiger partial charge in [0.05, 0.1) is 11.9 Å². The molecule has 0 aliphatic heterocycles. The Hall–Kier alpha value is -1.74. The number of halogens is 1. The van der Waals surface area contributed by atoms with E-state index < -0.39 is 11.4 Å². The van der Waals surface area contributed by atoms with Crippen molar-refractivity contribution < 1.29 is 9.50 Å². The second kappa shape index (κ2) is 5.49. The van der Waals surface area contributed by atoms with Crippen LogP contribution in [0.4, 0.5) is 4.39 Å². The molecular weight excluding hydrogens is 241 g/mol. The van der Waals surface area contributed by atoms with Crippen LogP contribution in [0.3, 0.4) is 0 Å². The van der Waals surface area contributed by atoms with Gasteiger partial charge in [0.2, 0.25) is 0 Å². The first-order chi connectivity index (χ1) is 9.10. The largest absolute Gasteiger partial charge is 0.379 e. The van der Waals surface area contributed by atoms with Crippen molar-refractivity contribution in [1.82, 2.24) is 4.98 Å². The molecule has 0 spiro atoms. The van der Waals surface area contributed by atoms with Gasteiger partial charge in [-0.2, -0.15) is 0 Å². The minimum atomic E-state index is -1.17. The summed E-state index contributed by atoms with van der Waals surface area (Å²) < 4.78 is 12.9. The number of aryl methyl sites for hydroxylation is 1. The molecule has 0 aliphatic carbocycles. The van der Waals surface area contributed by atoms with Gasteiger partial charge in [-0.3, -0.25) is 4.98 Å². The monoisotopic (exact) mass is 259 g/mol. The van der Waals surface area contributed by atoms with Crippen molar-refractivity contribution in [1.29, 1.82) is 0 Å². The van der Waals surface area contributed by atoms with Crippen LogP contribution in [-0.4, -0.2) is 10.1 Å². The van der Waals surface area contributed by atoms with Crippen LogP contribution in [0, 0.1) is 5.82 Å². The van der Waals surface area contributed by atoms with E-state index in [1.54, 1.807) is 0 Å². The molecule has 0 amide bonds. The number of nitrogens with zero attached hydrogens (tertiary/aromatic N) is 1. The molecule has 1 unspecified atom stereocenters. The minimum absolute atomic E-state index is 0.400. The van der Waals surface area contributed by atoms with Crippen LogP contribution >= 0.6 is 0 Å². The van der Waals surface area contributed by atoms with Crippen molar-refractivity contribution in [2.24, 2.45) is 0 Å². The van der Waals surface area contributed by atoms with E-state index >= 15 is 0 Å². The molecule has 2 rings (SSSR count). The number of hydrogen-bond acceptors (Lipinski definition) is 2. The smallest absolute Gasteiger partial charge is 0.141 e. The molecule has 1 aromatic heterocycles. The number of pyridine rings is 1. The van der Waals surface area contributed by atoms with E-state index in [9.17, 15) is 9.50 Å². The molecule has 3 heteroatoms. The molecule has 1 atom stereocenters. The second-order valence-corrected chi connectivity index (χ2v) is 4.63. The molecule has 1 heterocycles. The Bertz CT molecular complexity index is 536. The van der Waals surface area contributed by atoms with Gasteiger partial charge in [0.1, 0.15) is 11.4 Å². The third-order valence-electron chi connectivity index (χ3n) is 3.50. The maximum absolute atomic E-state index is 12.9. The summed E-state index contributed by atoms with van der Waals surface area (Å²) in [6, 6.07) is 10.7. The standard InChI is InChI=1S/C16H18FNO/c1-3-12-5-7-13(8-6-12)16(19,4-2)15-10-9-14(17)11-18-15/h5-11,19H,3-4H2,1-2H3. The van der Waals surface area contributed by atoms with Crippen molar-refractivity contribution in [2.45, 2.75) is 32.3 Å². The lowest BCUT2D eigenvalue weighted by Crippen LogP contribution is -2.27. The van der Waals surface area contributed by atoms with Crippen molar-refractivity contribution in [3.05, 3.63) is 65.2 Å². The molecule has 2 aromatic rings. The minimum Gasteiger partial charge on any atom is -0.379 e. The molecule has 0 bridgehead atoms. The van der Waals surface area contributed by atoms with E-state index in [4.69, 9.17) is 0 Å². The van der Waals surface area contributed by atoms with Gasteiger partial charge in [-0.1, -0.05) is 38.1 Å². The van der Waals surface area contributed by atoms with Crippen LogP contribution in [-0.2, 0) is 12.0 Å². The zero-order valence-electron chi connectivity index (χ0n) is 11.2. The highest BCUT2D eigenvalue weighted by Gasteiger charge is 2.30. The molecule has 0 radical (unpaired) electrons. The van der Waals surface area contributed by atoms with Crippen molar-refractivity contribution in [2.75, 3.05) is 0 Å². The Morgan fingerprint density at radius 1 is 1.11 bits per heavy atom. The van der Waals surface area contributed by atoms with E-state index in [1.165, 1.54) is 17.7 Å². The molecule has 19 heavy (non-hydrogen) atoms. The number of aliphatic hydroxyl groups is 1. The van der Waals surface area contributed by atoms with Gasteiger partial charge in [-0.25, -0.2) is 4.39 Å². The molecule has 0 saturated heterocycles. The van der Waals surface area contributed by atoms with Gasteiger partial charge in [0, 0.05) is 0 Å². The van der Waals surface area contributed by atoms with Gasteiger partial charge in [-0.15, -0.1) is 0 Å². The Morgan fingerprint density at radius 3 is 2.26 bits per heavy atom. The first-order valence-electron chi connectivity index (χ1n) is 6.54. The molecule has 0 fully saturated rings. The maximum atomic E-state index is 12.9. The predicted molar refractivity (Wildman–Crippen MR) is 73.3 cm³/mol. The van der Waals surface area contributed by atoms with Crippen molar-refractivity contribution >= 4 is 0 Å². The quantitative estimate of drug-likeness (QED) is 0.912. The van der Waals surface area contributed by atoms with E-state index in [1.807, 2.05) is 31.2 Å². The number of rotatable bonds is 4. The molecule has 100 valence electrons. The fraction of sp³-hybridized carbons (Fsp3) is 0.312. The summed E-state index contributed by atoms with van der Waals surface area (Å²) in [5, 5.41) is 10.8. The Kier molecular flexibility index (Phi) is 3.96. The van der Waals surface area contributed by atoms with Crippen molar-refractivity contribution in [3.8, 4) is 0 Å². The predicted octanol–water partition coefficient (Wildman–Crippen LogP) is 3.43. The lowest BCUT2D eigenvalue weighted by atomic mass is 9.87. The lowest BCUT2D eigenvalue weighted by Gasteiger charge is -2.27. The summed E-state index contributed by atoms with van der Waals surface area (Å²) in [7, 11) is 0. The van der Waals surface area contributed by atoms with E-state index in [2.05, 4.69) is 11.9 Å². The zero-order chi connectivity index (χ0) is 13.9. The summed E-state index contributed by atoms with van der Waals surface area (Å²) >= 11 is 0. The SMILES string of the molecule is CCc1ccc(C(O)(CC)c2ccc(F)cn2)cc1. The summed E-state index contributed by atoms with van der Waals surface area (Å²) in [6.45, 7) is 3.97. The van der Waals surface area contributed by atoms with Crippen LogP contribution in [0.5, 0.6) is 0 Å². The summed E-state index contributed by atoms with van der Waals surface area (Å²) in [5.41, 5.74) is 1.31. The Labute approximate surface area is 112 Å². The van der Waals surface area contributed by atoms with Crippen LogP contribution in [0.2, 0.25) is 0 Å². The third kappa shape index (κ3) is 2.66. The van der Waals surface area contributed by atoms with Crippen LogP contribution in [0.15, 0.2) is 42.6 Å². The highest BCUT2D eigenvalue weighted by Crippen LogP contribution is 2.31. The summed E-state index contributed by atoms with van der Waals surface area (Å²) in [6.07, 6.45) is 2.58. The van der Waals surface area contributed by atoms with Gasteiger partial charge in [-0.05, 0) is 36.1 Å². The third-order valence-corrected chi connectivity index (χ3v) is 3.50. The molecular formula is C16H18FNO. The highest BCUT2D eigenvalue weighted by molar-refractivity contribution is 5.34. The highest BCUT2D eigenvalue weighted by atomic mass is 19.1. The van der Waals surface area contributed by atoms with Crippen LogP contribution in [0.25, 0.3) is 0 Å². The zero-order valence-corrected chi connectivity index (χ0v) is 11.2. The fourth-order valence-corrected chi connectivity index (χ4v) is 2.17. The van der Waals surface area contributed by atoms with Crippen LogP contribution < -0.4 is 0 Å². The van der Waals surface area contributed by atoms with Crippen LogP contribution in [0.1, 0.15) is 37.1 Å². The number of benzene rings is 1. The van der Waals surface area contributed by atoms with Gasteiger partial charge in [0.15, 0.2) is 0 Å². The molecule has 0 aliphatic rings. The molecule has 1 aromatic carbocycles. The fourth-order valence-electron chi connectivity index (χ4n) is 2.17. The van der Waals surface area contributed by atoms with Gasteiger partial charge in [0.25, 0.3) is 0 Å². The molecule has 0 saturated carbocycles. The first-order valence-corrected chi connectivity index (χ1v) is 6.54. The normalized spacial score (nSPS) is 14.1. The van der Waals surface area contributed by atoms with E-state index in [0.29, 0.717) is 12.1 Å². The summed E-state index contributed by atoms with van der Waals surface area (Å²) in [5.74, 6) is -0.400. The molecule has 1 N–H and O–H groups in total. The second-order valence-electron chi connectivity index (χ2n) is 4.63. The van der Waals surface area contributed by atoms with Gasteiger partial charge >= 0.3 is 0 Å². The first kappa shape index (κ1) is 13.7. The van der Waals surface area contributed by atoms with E-state index in [-0.39, 0.29) is 0 Å². The van der Waals surface area contributed by atoms with E-state index in [0.717, 1.165) is 18.2 Å². The maximum Gasteiger partial charge on any atom is 0.141 e. The van der Waals surface area contributed by atoms with Gasteiger partial charge < -0.3 is 5.11 Å². The average Bonchev–Trinajstić information content (AvgIpc) is 2.47. The van der Waals surface area contributed by atoms with Crippen molar-refractivity contribution in [3.63, 3.8) is 0 Å². The average molecular weight is 259 g/mol. The topological polar surface area (TPSA) is 33.1 Å². The number of hydrogen-bond donors (Lipinski definition) is 1. The Morgan fingerprint density at radius 2 is 1.79 bits per heavy atom. The Balaban J connectivity index is 2.43.